The molecule has 1 amide bonds. The Morgan fingerprint density at radius 3 is 2.74 bits per heavy atom. The number of fused-ring (bicyclic) bond motifs is 3. The van der Waals surface area contributed by atoms with E-state index < -0.39 is 0 Å². The lowest BCUT2D eigenvalue weighted by molar-refractivity contribution is -0.119. The number of rotatable bonds is 1. The number of benzene rings is 2. The molecule has 0 aromatic heterocycles. The van der Waals surface area contributed by atoms with Crippen molar-refractivity contribution >= 4 is 34.8 Å². The van der Waals surface area contributed by atoms with Crippen molar-refractivity contribution in [2.24, 2.45) is 11.0 Å². The largest absolute Gasteiger partial charge is 0.399 e. The molecule has 0 radical (unpaired) electrons. The number of amides is 1. The first-order valence-electron chi connectivity index (χ1n) is 7.71. The number of thioether (sulfide) groups is 1. The van der Waals surface area contributed by atoms with Crippen LogP contribution in [-0.4, -0.2) is 17.4 Å². The highest BCUT2D eigenvalue weighted by molar-refractivity contribution is 7.99. The van der Waals surface area contributed by atoms with Crippen LogP contribution in [0.4, 0.5) is 11.4 Å². The molecule has 0 saturated carbocycles. The third kappa shape index (κ3) is 2.61. The van der Waals surface area contributed by atoms with Crippen molar-refractivity contribution in [3.8, 4) is 0 Å². The van der Waals surface area contributed by atoms with Crippen molar-refractivity contribution in [2.75, 3.05) is 16.5 Å². The van der Waals surface area contributed by atoms with Crippen molar-refractivity contribution in [2.45, 2.75) is 17.7 Å². The number of anilines is 2. The number of nitrogens with two attached hydrogens (primary N) is 1. The molecule has 2 aromatic carbocycles. The Bertz CT molecular complexity index is 785. The molecule has 0 spiro atoms. The Kier molecular flexibility index (Phi) is 3.58. The minimum atomic E-state index is 0.0490. The molecule has 4 rings (SSSR count). The third-order valence-electron chi connectivity index (χ3n) is 4.28. The fourth-order valence-corrected chi connectivity index (χ4v) is 4.21. The third-order valence-corrected chi connectivity index (χ3v) is 5.38. The van der Waals surface area contributed by atoms with E-state index in [-0.39, 0.29) is 11.8 Å². The fourth-order valence-electron chi connectivity index (χ4n) is 3.08. The molecule has 2 aliphatic heterocycles. The molecular formula is C18H17N3OS. The molecule has 0 aliphatic carbocycles. The first-order valence-corrected chi connectivity index (χ1v) is 8.70. The molecule has 0 bridgehead atoms. The van der Waals surface area contributed by atoms with Gasteiger partial charge in [0.05, 0.1) is 11.4 Å². The molecule has 2 aliphatic rings. The summed E-state index contributed by atoms with van der Waals surface area (Å²) in [6.07, 6.45) is 1.50. The highest BCUT2D eigenvalue weighted by Crippen LogP contribution is 2.36. The Balaban J connectivity index is 1.81. The van der Waals surface area contributed by atoms with Crippen molar-refractivity contribution in [1.29, 1.82) is 0 Å². The zero-order valence-electron chi connectivity index (χ0n) is 12.6. The minimum absolute atomic E-state index is 0.0490. The fraction of sp³-hybridized carbons (Fsp3) is 0.222. The van der Waals surface area contributed by atoms with Crippen LogP contribution in [0.1, 0.15) is 18.4 Å². The zero-order valence-corrected chi connectivity index (χ0v) is 13.4. The maximum absolute atomic E-state index is 12.5. The van der Waals surface area contributed by atoms with E-state index in [4.69, 9.17) is 10.8 Å². The van der Waals surface area contributed by atoms with Crippen LogP contribution in [0.3, 0.4) is 0 Å². The van der Waals surface area contributed by atoms with Crippen molar-refractivity contribution in [1.82, 2.24) is 0 Å². The first-order chi connectivity index (χ1) is 11.2. The highest BCUT2D eigenvalue weighted by Gasteiger charge is 2.33. The van der Waals surface area contributed by atoms with Crippen LogP contribution in [0.25, 0.3) is 0 Å². The van der Waals surface area contributed by atoms with Crippen LogP contribution >= 0.6 is 11.8 Å². The van der Waals surface area contributed by atoms with Gasteiger partial charge in [-0.2, -0.15) is 5.10 Å². The molecule has 1 atom stereocenters. The lowest BCUT2D eigenvalue weighted by atomic mass is 9.90. The molecule has 4 nitrogen and oxygen atoms in total. The summed E-state index contributed by atoms with van der Waals surface area (Å²) in [6.45, 7) is 0. The smallest absolute Gasteiger partial charge is 0.248 e. The standard InChI is InChI=1S/C18H17N3OS/c19-13-5-7-14(8-6-13)21-17(22)11-12-9-10-23-16-4-2-1-3-15(16)18(12)20-21/h1-8,12H,9-11,19H2. The van der Waals surface area contributed by atoms with Crippen LogP contribution in [0.2, 0.25) is 0 Å². The van der Waals surface area contributed by atoms with Gasteiger partial charge < -0.3 is 5.73 Å². The quantitative estimate of drug-likeness (QED) is 0.817. The predicted octanol–water partition coefficient (Wildman–Crippen LogP) is 3.52. The van der Waals surface area contributed by atoms with Gasteiger partial charge in [-0.25, -0.2) is 5.01 Å². The summed E-state index contributed by atoms with van der Waals surface area (Å²) in [4.78, 5) is 13.8. The van der Waals surface area contributed by atoms with Crippen molar-refractivity contribution in [3.05, 3.63) is 54.1 Å². The average Bonchev–Trinajstić information content (AvgIpc) is 2.74. The van der Waals surface area contributed by atoms with Crippen LogP contribution in [0, 0.1) is 5.92 Å². The molecule has 2 heterocycles. The number of nitrogen functional groups attached to an aromatic ring is 1. The van der Waals surface area contributed by atoms with Gasteiger partial charge >= 0.3 is 0 Å². The topological polar surface area (TPSA) is 58.7 Å². The molecule has 0 saturated heterocycles. The van der Waals surface area contributed by atoms with Crippen molar-refractivity contribution < 1.29 is 4.79 Å². The van der Waals surface area contributed by atoms with Gasteiger partial charge in [0.15, 0.2) is 0 Å². The second-order valence-corrected chi connectivity index (χ2v) is 6.95. The van der Waals surface area contributed by atoms with Gasteiger partial charge in [-0.3, -0.25) is 4.79 Å². The summed E-state index contributed by atoms with van der Waals surface area (Å²) in [7, 11) is 0. The summed E-state index contributed by atoms with van der Waals surface area (Å²) in [5.41, 5.74) is 9.38. The van der Waals surface area contributed by atoms with Gasteiger partial charge in [-0.15, -0.1) is 11.8 Å². The normalized spacial score (nSPS) is 20.3. The van der Waals surface area contributed by atoms with Crippen LogP contribution in [0.15, 0.2) is 58.5 Å². The Morgan fingerprint density at radius 1 is 1.13 bits per heavy atom. The maximum atomic E-state index is 12.5. The van der Waals surface area contributed by atoms with E-state index in [1.807, 2.05) is 30.0 Å². The van der Waals surface area contributed by atoms with Crippen LogP contribution in [0.5, 0.6) is 0 Å². The predicted molar refractivity (Wildman–Crippen MR) is 94.8 cm³/mol. The summed E-state index contributed by atoms with van der Waals surface area (Å²) in [5.74, 6) is 1.28. The molecule has 2 aromatic rings. The van der Waals surface area contributed by atoms with E-state index in [1.54, 1.807) is 12.1 Å². The number of carbonyl (C=O) groups is 1. The molecule has 116 valence electrons. The molecule has 23 heavy (non-hydrogen) atoms. The SMILES string of the molecule is Nc1ccc(N2N=C3c4ccccc4SCCC3CC2=O)cc1. The lowest BCUT2D eigenvalue weighted by Crippen LogP contribution is -2.37. The summed E-state index contributed by atoms with van der Waals surface area (Å²) in [6, 6.07) is 15.6. The number of carbonyl (C=O) groups excluding carboxylic acids is 1. The van der Waals surface area contributed by atoms with E-state index in [2.05, 4.69) is 18.2 Å². The van der Waals surface area contributed by atoms with Gasteiger partial charge in [-0.05, 0) is 42.5 Å². The van der Waals surface area contributed by atoms with Gasteiger partial charge in [-0.1, -0.05) is 18.2 Å². The van der Waals surface area contributed by atoms with E-state index in [0.717, 1.165) is 29.1 Å². The van der Waals surface area contributed by atoms with Gasteiger partial charge in [0.2, 0.25) is 5.91 Å². The molecule has 1 unspecified atom stereocenters. The first kappa shape index (κ1) is 14.3. The van der Waals surface area contributed by atoms with E-state index in [0.29, 0.717) is 12.1 Å². The van der Waals surface area contributed by atoms with Gasteiger partial charge in [0, 0.05) is 28.5 Å². The highest BCUT2D eigenvalue weighted by atomic mass is 32.2. The Labute approximate surface area is 139 Å². The summed E-state index contributed by atoms with van der Waals surface area (Å²) < 4.78 is 0. The molecular weight excluding hydrogens is 306 g/mol. The maximum Gasteiger partial charge on any atom is 0.248 e. The summed E-state index contributed by atoms with van der Waals surface area (Å²) >= 11 is 1.85. The monoisotopic (exact) mass is 323 g/mol. The second-order valence-electron chi connectivity index (χ2n) is 5.82. The van der Waals surface area contributed by atoms with E-state index in [1.165, 1.54) is 9.90 Å². The summed E-state index contributed by atoms with van der Waals surface area (Å²) in [5, 5.41) is 6.26. The minimum Gasteiger partial charge on any atom is -0.399 e. The average molecular weight is 323 g/mol. The van der Waals surface area contributed by atoms with E-state index >= 15 is 0 Å². The van der Waals surface area contributed by atoms with Crippen LogP contribution in [-0.2, 0) is 4.79 Å². The Morgan fingerprint density at radius 2 is 1.91 bits per heavy atom. The van der Waals surface area contributed by atoms with E-state index in [9.17, 15) is 4.79 Å². The molecule has 2 N–H and O–H groups in total. The number of hydrogen-bond donors (Lipinski definition) is 1. The zero-order chi connectivity index (χ0) is 15.8. The number of hydrogen-bond acceptors (Lipinski definition) is 4. The second kappa shape index (κ2) is 5.74. The van der Waals surface area contributed by atoms with Gasteiger partial charge in [0.1, 0.15) is 0 Å². The number of nitrogens with zero attached hydrogens (tertiary/aromatic N) is 2. The molecule has 0 fully saturated rings. The number of hydrazone groups is 1. The van der Waals surface area contributed by atoms with Gasteiger partial charge in [0.25, 0.3) is 0 Å². The molecule has 5 heteroatoms. The van der Waals surface area contributed by atoms with Crippen molar-refractivity contribution in [3.63, 3.8) is 0 Å². The lowest BCUT2D eigenvalue weighted by Gasteiger charge is -2.28. The van der Waals surface area contributed by atoms with Crippen LogP contribution < -0.4 is 10.7 Å². The Hall–Kier alpha value is -2.27.